The Balaban J connectivity index is 1.77. The van der Waals surface area contributed by atoms with Crippen LogP contribution in [0.25, 0.3) is 0 Å². The van der Waals surface area contributed by atoms with E-state index in [4.69, 9.17) is 4.74 Å². The lowest BCUT2D eigenvalue weighted by Gasteiger charge is -2.45. The molecule has 1 amide bonds. The van der Waals surface area contributed by atoms with Crippen molar-refractivity contribution in [3.05, 3.63) is 59.7 Å². The minimum Gasteiger partial charge on any atom is -0.467 e. The van der Waals surface area contributed by atoms with Crippen LogP contribution in [0.3, 0.4) is 0 Å². The summed E-state index contributed by atoms with van der Waals surface area (Å²) in [6, 6.07) is 16.4. The molecule has 0 unspecified atom stereocenters. The van der Waals surface area contributed by atoms with Gasteiger partial charge in [0.1, 0.15) is 11.8 Å². The van der Waals surface area contributed by atoms with Crippen LogP contribution < -0.4 is 15.0 Å². The molecule has 1 fully saturated rings. The van der Waals surface area contributed by atoms with Crippen LogP contribution >= 0.6 is 0 Å². The summed E-state index contributed by atoms with van der Waals surface area (Å²) in [7, 11) is 0. The fourth-order valence-electron chi connectivity index (χ4n) is 5.37. The fraction of sp³-hybridized carbons (Fsp3) is 0.409. The van der Waals surface area contributed by atoms with Gasteiger partial charge in [0.25, 0.3) is 0 Å². The van der Waals surface area contributed by atoms with E-state index in [2.05, 4.69) is 54.4 Å². The van der Waals surface area contributed by atoms with E-state index in [0.29, 0.717) is 6.54 Å². The molecule has 3 aliphatic heterocycles. The van der Waals surface area contributed by atoms with Crippen molar-refractivity contribution in [2.45, 2.75) is 50.3 Å². The maximum Gasteiger partial charge on any atom is 0.243 e. The van der Waals surface area contributed by atoms with Crippen molar-refractivity contribution < 1.29 is 9.53 Å². The monoisotopic (exact) mass is 348 g/mol. The molecule has 0 saturated carbocycles. The summed E-state index contributed by atoms with van der Waals surface area (Å²) in [5.41, 5.74) is 2.80. The molecule has 3 heterocycles. The average molecular weight is 348 g/mol. The smallest absolute Gasteiger partial charge is 0.243 e. The highest BCUT2D eigenvalue weighted by atomic mass is 16.5. The number of carbonyl (C=O) groups excluding carboxylic acids is 1. The SMILES string of the molecule is CCNC(=O)[C@H]1[C@H]2C[C@]3(Oc4ccccc42)N1c1ccccc1C3(C)C. The van der Waals surface area contributed by atoms with Crippen LogP contribution in [0.15, 0.2) is 48.5 Å². The topological polar surface area (TPSA) is 41.6 Å². The number of anilines is 1. The number of carbonyl (C=O) groups is 1. The van der Waals surface area contributed by atoms with Gasteiger partial charge in [-0.1, -0.05) is 36.4 Å². The van der Waals surface area contributed by atoms with Crippen molar-refractivity contribution in [3.63, 3.8) is 0 Å². The van der Waals surface area contributed by atoms with Crippen LogP contribution in [-0.4, -0.2) is 24.2 Å². The number of likely N-dealkylation sites (N-methyl/N-ethyl adjacent to an activating group) is 1. The molecule has 5 rings (SSSR count). The Kier molecular flexibility index (Phi) is 3.04. The zero-order valence-corrected chi connectivity index (χ0v) is 15.5. The second-order valence-corrected chi connectivity index (χ2v) is 8.09. The first-order valence-corrected chi connectivity index (χ1v) is 9.46. The third-order valence-electron chi connectivity index (χ3n) is 6.58. The zero-order chi connectivity index (χ0) is 18.1. The number of hydrogen-bond donors (Lipinski definition) is 1. The number of ether oxygens (including phenoxy) is 1. The zero-order valence-electron chi connectivity index (χ0n) is 15.5. The number of nitrogens with zero attached hydrogens (tertiary/aromatic N) is 1. The van der Waals surface area contributed by atoms with Gasteiger partial charge in [0.15, 0.2) is 5.72 Å². The second kappa shape index (κ2) is 5.03. The lowest BCUT2D eigenvalue weighted by atomic mass is 9.73. The molecule has 1 spiro atoms. The Morgan fingerprint density at radius 3 is 2.73 bits per heavy atom. The molecule has 2 aromatic rings. The molecule has 2 bridgehead atoms. The predicted octanol–water partition coefficient (Wildman–Crippen LogP) is 3.57. The number of fused-ring (bicyclic) bond motifs is 5. The van der Waals surface area contributed by atoms with E-state index in [0.717, 1.165) is 23.4 Å². The molecule has 134 valence electrons. The molecule has 0 radical (unpaired) electrons. The van der Waals surface area contributed by atoms with Crippen molar-refractivity contribution >= 4 is 11.6 Å². The standard InChI is InChI=1S/C22H24N2O2/c1-4-23-20(25)19-15-13-22(26-18-12-8-5-9-14(15)18)21(2,3)16-10-6-7-11-17(16)24(19)22/h5-12,15,19H,4,13H2,1-3H3,(H,23,25)/t15-,19+,22+/m0/s1. The number of amides is 1. The van der Waals surface area contributed by atoms with Gasteiger partial charge in [-0.2, -0.15) is 0 Å². The minimum absolute atomic E-state index is 0.0900. The number of nitrogens with one attached hydrogen (secondary N) is 1. The number of rotatable bonds is 2. The first kappa shape index (κ1) is 15.7. The lowest BCUT2D eigenvalue weighted by Crippen LogP contribution is -2.59. The number of hydrogen-bond acceptors (Lipinski definition) is 3. The largest absolute Gasteiger partial charge is 0.467 e. The van der Waals surface area contributed by atoms with E-state index in [1.165, 1.54) is 5.56 Å². The molecule has 1 saturated heterocycles. The first-order valence-electron chi connectivity index (χ1n) is 9.46. The lowest BCUT2D eigenvalue weighted by molar-refractivity contribution is -0.122. The molecule has 1 N–H and O–H groups in total. The predicted molar refractivity (Wildman–Crippen MR) is 102 cm³/mol. The normalized spacial score (nSPS) is 29.4. The average Bonchev–Trinajstić information content (AvgIpc) is 3.01. The minimum atomic E-state index is -0.522. The Hall–Kier alpha value is -2.49. The molecule has 3 aliphatic rings. The van der Waals surface area contributed by atoms with E-state index >= 15 is 0 Å². The summed E-state index contributed by atoms with van der Waals surface area (Å²) in [5, 5.41) is 3.06. The van der Waals surface area contributed by atoms with Crippen LogP contribution in [0.5, 0.6) is 5.75 Å². The highest BCUT2D eigenvalue weighted by Gasteiger charge is 2.70. The van der Waals surface area contributed by atoms with E-state index < -0.39 is 5.72 Å². The summed E-state index contributed by atoms with van der Waals surface area (Å²) < 4.78 is 6.74. The molecule has 0 aromatic heterocycles. The highest BCUT2D eigenvalue weighted by Crippen LogP contribution is 2.64. The summed E-state index contributed by atoms with van der Waals surface area (Å²) in [6.45, 7) is 7.10. The maximum absolute atomic E-state index is 13.1. The van der Waals surface area contributed by atoms with Gasteiger partial charge in [-0.25, -0.2) is 0 Å². The molecular weight excluding hydrogens is 324 g/mol. The number of benzene rings is 2. The van der Waals surface area contributed by atoms with E-state index in [1.807, 2.05) is 25.1 Å². The van der Waals surface area contributed by atoms with Gasteiger partial charge in [0, 0.05) is 30.1 Å². The maximum atomic E-state index is 13.1. The van der Waals surface area contributed by atoms with Crippen LogP contribution in [0.4, 0.5) is 5.69 Å². The highest BCUT2D eigenvalue weighted by molar-refractivity contribution is 5.90. The summed E-state index contributed by atoms with van der Waals surface area (Å²) in [4.78, 5) is 15.4. The Morgan fingerprint density at radius 2 is 1.92 bits per heavy atom. The quantitative estimate of drug-likeness (QED) is 0.902. The Morgan fingerprint density at radius 1 is 1.19 bits per heavy atom. The molecule has 26 heavy (non-hydrogen) atoms. The van der Waals surface area contributed by atoms with Crippen LogP contribution in [0.1, 0.15) is 44.2 Å². The van der Waals surface area contributed by atoms with Crippen LogP contribution in [0, 0.1) is 0 Å². The first-order chi connectivity index (χ1) is 12.5. The van der Waals surface area contributed by atoms with Gasteiger partial charge in [0.05, 0.1) is 5.41 Å². The molecule has 2 aromatic carbocycles. The number of para-hydroxylation sites is 2. The summed E-state index contributed by atoms with van der Waals surface area (Å²) >= 11 is 0. The Labute approximate surface area is 154 Å². The summed E-state index contributed by atoms with van der Waals surface area (Å²) in [5.74, 6) is 1.15. The van der Waals surface area contributed by atoms with Gasteiger partial charge in [-0.3, -0.25) is 4.79 Å². The van der Waals surface area contributed by atoms with Crippen molar-refractivity contribution in [1.29, 1.82) is 0 Å². The van der Waals surface area contributed by atoms with E-state index in [1.54, 1.807) is 0 Å². The van der Waals surface area contributed by atoms with Gasteiger partial charge in [0.2, 0.25) is 5.91 Å². The van der Waals surface area contributed by atoms with Crippen molar-refractivity contribution in [2.24, 2.45) is 0 Å². The molecule has 0 aliphatic carbocycles. The van der Waals surface area contributed by atoms with Crippen LogP contribution in [-0.2, 0) is 10.2 Å². The molecule has 4 nitrogen and oxygen atoms in total. The van der Waals surface area contributed by atoms with E-state index in [-0.39, 0.29) is 23.3 Å². The van der Waals surface area contributed by atoms with Crippen molar-refractivity contribution in [2.75, 3.05) is 11.4 Å². The van der Waals surface area contributed by atoms with Gasteiger partial charge in [-0.05, 0) is 38.5 Å². The van der Waals surface area contributed by atoms with Gasteiger partial charge >= 0.3 is 0 Å². The molecule has 4 heteroatoms. The van der Waals surface area contributed by atoms with Crippen molar-refractivity contribution in [1.82, 2.24) is 5.32 Å². The summed E-state index contributed by atoms with van der Waals surface area (Å²) in [6.07, 6.45) is 0.827. The Bertz CT molecular complexity index is 907. The van der Waals surface area contributed by atoms with Crippen LogP contribution in [0.2, 0.25) is 0 Å². The second-order valence-electron chi connectivity index (χ2n) is 8.09. The van der Waals surface area contributed by atoms with Gasteiger partial charge < -0.3 is 15.0 Å². The van der Waals surface area contributed by atoms with E-state index in [9.17, 15) is 4.79 Å². The van der Waals surface area contributed by atoms with Gasteiger partial charge in [-0.15, -0.1) is 0 Å². The third kappa shape index (κ3) is 1.67. The molecule has 3 atom stereocenters. The molecular formula is C22H24N2O2. The third-order valence-corrected chi connectivity index (χ3v) is 6.58. The fourth-order valence-corrected chi connectivity index (χ4v) is 5.37. The van der Waals surface area contributed by atoms with Crippen molar-refractivity contribution in [3.8, 4) is 5.75 Å².